The summed E-state index contributed by atoms with van der Waals surface area (Å²) < 4.78 is 5.85. The number of hydrogen-bond acceptors (Lipinski definition) is 3. The number of rotatable bonds is 3. The average Bonchev–Trinajstić information content (AvgIpc) is 2.71. The van der Waals surface area contributed by atoms with E-state index in [9.17, 15) is 0 Å². The second-order valence-electron chi connectivity index (χ2n) is 6.61. The van der Waals surface area contributed by atoms with Crippen molar-refractivity contribution >= 4 is 0 Å². The van der Waals surface area contributed by atoms with Gasteiger partial charge in [0.2, 0.25) is 0 Å². The smallest absolute Gasteiger partial charge is 0.0728 e. The van der Waals surface area contributed by atoms with Gasteiger partial charge in [0.15, 0.2) is 0 Å². The normalized spacial score (nSPS) is 46.5. The fourth-order valence-electron chi connectivity index (χ4n) is 3.44. The molecule has 0 amide bonds. The number of nitrogens with zero attached hydrogens (tertiary/aromatic N) is 1. The van der Waals surface area contributed by atoms with Crippen molar-refractivity contribution in [3.8, 4) is 0 Å². The van der Waals surface area contributed by atoms with Crippen LogP contribution in [0.5, 0.6) is 0 Å². The summed E-state index contributed by atoms with van der Waals surface area (Å²) in [5, 5.41) is 3.75. The van der Waals surface area contributed by atoms with E-state index in [-0.39, 0.29) is 11.1 Å². The fraction of sp³-hybridized carbons (Fsp3) is 1.00. The molecule has 3 heteroatoms. The highest BCUT2D eigenvalue weighted by Crippen LogP contribution is 2.36. The Hall–Kier alpha value is -0.120. The Labute approximate surface area is 112 Å². The van der Waals surface area contributed by atoms with Gasteiger partial charge >= 0.3 is 0 Å². The molecule has 0 bridgehead atoms. The van der Waals surface area contributed by atoms with Gasteiger partial charge in [-0.3, -0.25) is 4.90 Å². The molecule has 0 aromatic rings. The maximum Gasteiger partial charge on any atom is 0.0728 e. The standard InChI is InChI=1S/C15H30N2O/c1-6-13-10-16-14(4,7-2)11-17(13)15(5)8-9-18-12(15)3/h12-13,16H,6-11H2,1-5H3. The van der Waals surface area contributed by atoms with Crippen molar-refractivity contribution in [1.29, 1.82) is 0 Å². The zero-order valence-electron chi connectivity index (χ0n) is 12.8. The van der Waals surface area contributed by atoms with Crippen LogP contribution in [0.4, 0.5) is 0 Å². The first kappa shape index (κ1) is 14.3. The first-order valence-electron chi connectivity index (χ1n) is 7.58. The predicted molar refractivity (Wildman–Crippen MR) is 75.9 cm³/mol. The van der Waals surface area contributed by atoms with Crippen LogP contribution in [-0.4, -0.2) is 47.8 Å². The summed E-state index contributed by atoms with van der Waals surface area (Å²) in [5.41, 5.74) is 0.482. The minimum atomic E-state index is 0.221. The van der Waals surface area contributed by atoms with Gasteiger partial charge in [0.1, 0.15) is 0 Å². The van der Waals surface area contributed by atoms with Crippen molar-refractivity contribution in [1.82, 2.24) is 10.2 Å². The summed E-state index contributed by atoms with van der Waals surface area (Å²) in [5.74, 6) is 0. The molecule has 0 aromatic carbocycles. The molecule has 2 fully saturated rings. The first-order chi connectivity index (χ1) is 8.45. The lowest BCUT2D eigenvalue weighted by Gasteiger charge is -2.53. The van der Waals surface area contributed by atoms with E-state index in [0.717, 1.165) is 19.7 Å². The van der Waals surface area contributed by atoms with Crippen LogP contribution >= 0.6 is 0 Å². The van der Waals surface area contributed by atoms with Crippen molar-refractivity contribution in [2.45, 2.75) is 77.1 Å². The number of nitrogens with one attached hydrogen (secondary N) is 1. The predicted octanol–water partition coefficient (Wildman–Crippen LogP) is 2.41. The number of ether oxygens (including phenoxy) is 1. The Morgan fingerprint density at radius 3 is 2.56 bits per heavy atom. The van der Waals surface area contributed by atoms with Crippen LogP contribution in [-0.2, 0) is 4.74 Å². The van der Waals surface area contributed by atoms with Gasteiger partial charge in [-0.25, -0.2) is 0 Å². The topological polar surface area (TPSA) is 24.5 Å². The zero-order chi connectivity index (χ0) is 13.4. The molecule has 2 rings (SSSR count). The largest absolute Gasteiger partial charge is 0.377 e. The number of piperazine rings is 1. The molecule has 4 atom stereocenters. The summed E-state index contributed by atoms with van der Waals surface area (Å²) in [7, 11) is 0. The Bertz CT molecular complexity index is 296. The molecule has 3 nitrogen and oxygen atoms in total. The average molecular weight is 254 g/mol. The van der Waals surface area contributed by atoms with Crippen molar-refractivity contribution < 1.29 is 4.74 Å². The third kappa shape index (κ3) is 2.33. The molecule has 2 heterocycles. The van der Waals surface area contributed by atoms with Crippen LogP contribution < -0.4 is 5.32 Å². The molecule has 2 aliphatic heterocycles. The van der Waals surface area contributed by atoms with Crippen LogP contribution in [0.2, 0.25) is 0 Å². The lowest BCUT2D eigenvalue weighted by molar-refractivity contribution is -0.0416. The minimum Gasteiger partial charge on any atom is -0.377 e. The quantitative estimate of drug-likeness (QED) is 0.837. The van der Waals surface area contributed by atoms with Gasteiger partial charge in [-0.2, -0.15) is 0 Å². The molecule has 0 saturated carbocycles. The summed E-state index contributed by atoms with van der Waals surface area (Å²) in [6, 6.07) is 0.652. The molecule has 2 saturated heterocycles. The summed E-state index contributed by atoms with van der Waals surface area (Å²) in [6.07, 6.45) is 3.93. The van der Waals surface area contributed by atoms with Gasteiger partial charge in [-0.15, -0.1) is 0 Å². The van der Waals surface area contributed by atoms with Gasteiger partial charge in [-0.05, 0) is 40.0 Å². The van der Waals surface area contributed by atoms with Gasteiger partial charge < -0.3 is 10.1 Å². The van der Waals surface area contributed by atoms with E-state index in [1.807, 2.05) is 0 Å². The molecular weight excluding hydrogens is 224 g/mol. The summed E-state index contributed by atoms with van der Waals surface area (Å²) in [4.78, 5) is 2.74. The Morgan fingerprint density at radius 2 is 2.06 bits per heavy atom. The third-order valence-corrected chi connectivity index (χ3v) is 5.48. The molecule has 4 unspecified atom stereocenters. The van der Waals surface area contributed by atoms with Crippen LogP contribution in [0.1, 0.15) is 53.9 Å². The molecule has 0 aromatic heterocycles. The van der Waals surface area contributed by atoms with Crippen molar-refractivity contribution in [3.05, 3.63) is 0 Å². The van der Waals surface area contributed by atoms with Crippen LogP contribution in [0.25, 0.3) is 0 Å². The van der Waals surface area contributed by atoms with E-state index < -0.39 is 0 Å². The third-order valence-electron chi connectivity index (χ3n) is 5.48. The maximum atomic E-state index is 5.85. The molecule has 2 aliphatic rings. The van der Waals surface area contributed by atoms with E-state index in [4.69, 9.17) is 4.74 Å². The minimum absolute atomic E-state index is 0.221. The monoisotopic (exact) mass is 254 g/mol. The van der Waals surface area contributed by atoms with Crippen molar-refractivity contribution in [2.24, 2.45) is 0 Å². The first-order valence-corrected chi connectivity index (χ1v) is 7.58. The molecule has 0 aliphatic carbocycles. The SMILES string of the molecule is CCC1CNC(C)(CC)CN1C1(C)CCOC1C. The molecule has 1 N–H and O–H groups in total. The van der Waals surface area contributed by atoms with Gasteiger partial charge in [0, 0.05) is 36.8 Å². The van der Waals surface area contributed by atoms with Gasteiger partial charge in [0.25, 0.3) is 0 Å². The fourth-order valence-corrected chi connectivity index (χ4v) is 3.44. The lowest BCUT2D eigenvalue weighted by atomic mass is 9.84. The van der Waals surface area contributed by atoms with Crippen LogP contribution in [0.15, 0.2) is 0 Å². The molecule has 18 heavy (non-hydrogen) atoms. The van der Waals surface area contributed by atoms with Crippen molar-refractivity contribution in [3.63, 3.8) is 0 Å². The maximum absolute atomic E-state index is 5.85. The second-order valence-corrected chi connectivity index (χ2v) is 6.61. The highest BCUT2D eigenvalue weighted by molar-refractivity contribution is 5.04. The lowest BCUT2D eigenvalue weighted by Crippen LogP contribution is -2.69. The zero-order valence-corrected chi connectivity index (χ0v) is 12.8. The van der Waals surface area contributed by atoms with Crippen LogP contribution in [0, 0.1) is 0 Å². The Morgan fingerprint density at radius 1 is 1.33 bits per heavy atom. The summed E-state index contributed by atoms with van der Waals surface area (Å²) >= 11 is 0. The van der Waals surface area contributed by atoms with E-state index in [1.54, 1.807) is 0 Å². The molecular formula is C15H30N2O. The summed E-state index contributed by atoms with van der Waals surface area (Å²) in [6.45, 7) is 14.8. The highest BCUT2D eigenvalue weighted by atomic mass is 16.5. The number of hydrogen-bond donors (Lipinski definition) is 1. The Balaban J connectivity index is 2.21. The Kier molecular flexibility index (Phi) is 4.05. The molecule has 106 valence electrons. The van der Waals surface area contributed by atoms with Gasteiger partial charge in [-0.1, -0.05) is 13.8 Å². The van der Waals surface area contributed by atoms with E-state index in [2.05, 4.69) is 44.8 Å². The van der Waals surface area contributed by atoms with E-state index in [0.29, 0.717) is 12.1 Å². The highest BCUT2D eigenvalue weighted by Gasteiger charge is 2.48. The second kappa shape index (κ2) is 5.10. The van der Waals surface area contributed by atoms with E-state index >= 15 is 0 Å². The van der Waals surface area contributed by atoms with Gasteiger partial charge in [0.05, 0.1) is 6.10 Å². The molecule has 0 radical (unpaired) electrons. The van der Waals surface area contributed by atoms with E-state index in [1.165, 1.54) is 19.3 Å². The molecule has 0 spiro atoms. The van der Waals surface area contributed by atoms with Crippen molar-refractivity contribution in [2.75, 3.05) is 19.7 Å². The van der Waals surface area contributed by atoms with Crippen LogP contribution in [0.3, 0.4) is 0 Å².